The molecule has 0 saturated heterocycles. The summed E-state index contributed by atoms with van der Waals surface area (Å²) in [6.07, 6.45) is 2.77. The van der Waals surface area contributed by atoms with Gasteiger partial charge in [-0.2, -0.15) is 5.26 Å². The van der Waals surface area contributed by atoms with Gasteiger partial charge in [-0.15, -0.1) is 0 Å². The van der Waals surface area contributed by atoms with Crippen LogP contribution in [0, 0.1) is 22.2 Å². The van der Waals surface area contributed by atoms with Crippen molar-refractivity contribution in [1.82, 2.24) is 14.8 Å². The highest BCUT2D eigenvalue weighted by Crippen LogP contribution is 2.34. The first kappa shape index (κ1) is 31.6. The van der Waals surface area contributed by atoms with Crippen LogP contribution in [0.1, 0.15) is 70.8 Å². The number of aromatic nitrogens is 1. The van der Waals surface area contributed by atoms with Crippen LogP contribution < -0.4 is 10.1 Å². The Morgan fingerprint density at radius 1 is 1.00 bits per heavy atom. The molecule has 1 saturated carbocycles. The minimum atomic E-state index is -0.948. The van der Waals surface area contributed by atoms with E-state index in [2.05, 4.69) is 16.4 Å². The molecule has 2 atom stereocenters. The smallest absolute Gasteiger partial charge is 0.270 e. The molecule has 228 valence electrons. The number of para-hydroxylation sites is 1. The number of hydrogen-bond donors (Lipinski definition) is 2. The van der Waals surface area contributed by atoms with Crippen LogP contribution in [0.25, 0.3) is 10.9 Å². The topological polar surface area (TPSA) is 119 Å². The Morgan fingerprint density at radius 2 is 1.67 bits per heavy atom. The molecule has 9 nitrogen and oxygen atoms in total. The number of nitrogens with zero attached hydrogens (tertiary/aromatic N) is 3. The highest BCUT2D eigenvalue weighted by atomic mass is 16.5. The number of rotatable bonds is 11. The zero-order valence-electron chi connectivity index (χ0n) is 26.2. The molecule has 1 heterocycles. The third-order valence-electron chi connectivity index (χ3n) is 7.87. The second-order valence-corrected chi connectivity index (χ2v) is 13.4. The molecule has 0 bridgehead atoms. The minimum Gasteiger partial charge on any atom is -0.490 e. The van der Waals surface area contributed by atoms with Gasteiger partial charge in [0.15, 0.2) is 0 Å². The van der Waals surface area contributed by atoms with E-state index in [-0.39, 0.29) is 35.7 Å². The number of nitrogens with one attached hydrogen (secondary N) is 2. The van der Waals surface area contributed by atoms with Crippen molar-refractivity contribution in [1.29, 1.82) is 5.26 Å². The van der Waals surface area contributed by atoms with Gasteiger partial charge in [-0.1, -0.05) is 58.9 Å². The highest BCUT2D eigenvalue weighted by Gasteiger charge is 2.39. The van der Waals surface area contributed by atoms with Crippen LogP contribution in [0.5, 0.6) is 5.75 Å². The lowest BCUT2D eigenvalue weighted by molar-refractivity contribution is -0.138. The van der Waals surface area contributed by atoms with Crippen molar-refractivity contribution in [2.45, 2.75) is 78.5 Å². The van der Waals surface area contributed by atoms with Gasteiger partial charge in [0.1, 0.15) is 23.5 Å². The summed E-state index contributed by atoms with van der Waals surface area (Å²) in [5.41, 5.74) is 0.558. The van der Waals surface area contributed by atoms with E-state index in [1.54, 1.807) is 46.1 Å². The van der Waals surface area contributed by atoms with Crippen LogP contribution in [0.2, 0.25) is 0 Å². The zero-order chi connectivity index (χ0) is 31.5. The van der Waals surface area contributed by atoms with E-state index in [1.165, 1.54) is 9.80 Å². The Bertz CT molecular complexity index is 1510. The van der Waals surface area contributed by atoms with Gasteiger partial charge in [-0.3, -0.25) is 14.4 Å². The number of H-pyrrole nitrogens is 1. The fourth-order valence-electron chi connectivity index (χ4n) is 5.07. The largest absolute Gasteiger partial charge is 0.490 e. The van der Waals surface area contributed by atoms with E-state index < -0.39 is 17.5 Å². The van der Waals surface area contributed by atoms with E-state index in [9.17, 15) is 19.6 Å². The number of benzene rings is 2. The maximum atomic E-state index is 14.0. The molecule has 9 heteroatoms. The molecule has 1 aromatic heterocycles. The number of carbonyl (C=O) groups excluding carboxylic acids is 3. The van der Waals surface area contributed by atoms with E-state index in [4.69, 9.17) is 4.74 Å². The Hall–Kier alpha value is -4.32. The number of amides is 3. The maximum Gasteiger partial charge on any atom is 0.270 e. The van der Waals surface area contributed by atoms with Gasteiger partial charge >= 0.3 is 0 Å². The molecule has 3 amide bonds. The molecule has 1 fully saturated rings. The Labute approximate surface area is 254 Å². The van der Waals surface area contributed by atoms with Crippen molar-refractivity contribution in [2.24, 2.45) is 10.8 Å². The van der Waals surface area contributed by atoms with Gasteiger partial charge in [0, 0.05) is 36.1 Å². The summed E-state index contributed by atoms with van der Waals surface area (Å²) in [5, 5.41) is 13.8. The van der Waals surface area contributed by atoms with E-state index in [0.29, 0.717) is 17.8 Å². The van der Waals surface area contributed by atoms with E-state index in [1.807, 2.05) is 57.2 Å². The van der Waals surface area contributed by atoms with Crippen LogP contribution in [-0.2, 0) is 9.59 Å². The molecule has 0 radical (unpaired) electrons. The number of ether oxygens (including phenoxy) is 1. The molecule has 2 aromatic carbocycles. The Kier molecular flexibility index (Phi) is 9.19. The van der Waals surface area contributed by atoms with Crippen LogP contribution in [0.3, 0.4) is 0 Å². The lowest BCUT2D eigenvalue weighted by atomic mass is 9.83. The summed E-state index contributed by atoms with van der Waals surface area (Å²) in [4.78, 5) is 47.0. The Morgan fingerprint density at radius 3 is 2.28 bits per heavy atom. The van der Waals surface area contributed by atoms with Crippen molar-refractivity contribution < 1.29 is 19.1 Å². The van der Waals surface area contributed by atoms with Crippen molar-refractivity contribution in [2.75, 3.05) is 19.4 Å². The van der Waals surface area contributed by atoms with Crippen LogP contribution in [-0.4, -0.2) is 64.8 Å². The van der Waals surface area contributed by atoms with Crippen molar-refractivity contribution in [3.63, 3.8) is 0 Å². The second kappa shape index (κ2) is 12.5. The second-order valence-electron chi connectivity index (χ2n) is 13.4. The molecule has 1 aliphatic rings. The van der Waals surface area contributed by atoms with Gasteiger partial charge in [0.2, 0.25) is 11.8 Å². The number of likely N-dealkylation sites (N-methyl/N-ethyl adjacent to an activating group) is 2. The molecule has 0 unspecified atom stereocenters. The third-order valence-corrected chi connectivity index (χ3v) is 7.87. The average Bonchev–Trinajstić information content (AvgIpc) is 3.67. The number of nitriles is 1. The number of anilines is 1. The zero-order valence-corrected chi connectivity index (χ0v) is 26.2. The third kappa shape index (κ3) is 7.75. The monoisotopic (exact) mass is 585 g/mol. The standard InChI is InChI=1S/C34H43N5O4/c1-33(2,3)20-28(39(7)30(40)27-18-25-26(37-27)14-11-15-29(25)43-24-16-17-24)31(41)38(6)23(21-35)19-34(4,5)32(42)36-22-12-9-8-10-13-22/h8-15,18,23-24,28,37H,16-17,19-20H2,1-7H3,(H,36,42)/t23-,28-/m0/s1. The molecule has 3 aromatic rings. The van der Waals surface area contributed by atoms with Gasteiger partial charge in [-0.25, -0.2) is 0 Å². The van der Waals surface area contributed by atoms with E-state index in [0.717, 1.165) is 29.5 Å². The van der Waals surface area contributed by atoms with Gasteiger partial charge in [0.25, 0.3) is 5.91 Å². The van der Waals surface area contributed by atoms with Crippen molar-refractivity contribution >= 4 is 34.3 Å². The summed E-state index contributed by atoms with van der Waals surface area (Å²) in [6, 6.07) is 17.1. The first-order valence-electron chi connectivity index (χ1n) is 14.8. The normalized spacial score (nSPS) is 14.8. The first-order chi connectivity index (χ1) is 20.2. The molecule has 4 rings (SSSR count). The number of fused-ring (bicyclic) bond motifs is 1. The highest BCUT2D eigenvalue weighted by molar-refractivity contribution is 6.01. The van der Waals surface area contributed by atoms with Crippen molar-refractivity contribution in [3.05, 3.63) is 60.3 Å². The maximum absolute atomic E-state index is 14.0. The summed E-state index contributed by atoms with van der Waals surface area (Å²) >= 11 is 0. The SMILES string of the molecule is CN(C(=O)[C@H](CC(C)(C)C)N(C)C(=O)c1cc2c(OC3CC3)cccc2[nH]1)[C@H](C#N)CC(C)(C)C(=O)Nc1ccccc1. The summed E-state index contributed by atoms with van der Waals surface area (Å²) in [6.45, 7) is 9.54. The van der Waals surface area contributed by atoms with Gasteiger partial charge in [-0.05, 0) is 61.4 Å². The van der Waals surface area contributed by atoms with Crippen molar-refractivity contribution in [3.8, 4) is 11.8 Å². The van der Waals surface area contributed by atoms with Gasteiger partial charge < -0.3 is 24.8 Å². The first-order valence-corrected chi connectivity index (χ1v) is 14.8. The molecule has 0 spiro atoms. The van der Waals surface area contributed by atoms with Crippen LogP contribution in [0.4, 0.5) is 5.69 Å². The lowest BCUT2D eigenvalue weighted by Gasteiger charge is -2.37. The van der Waals surface area contributed by atoms with Crippen LogP contribution in [0.15, 0.2) is 54.6 Å². The number of aromatic amines is 1. The Balaban J connectivity index is 1.54. The van der Waals surface area contributed by atoms with Gasteiger partial charge in [0.05, 0.1) is 12.2 Å². The minimum absolute atomic E-state index is 0.121. The molecule has 43 heavy (non-hydrogen) atoms. The number of carbonyl (C=O) groups is 3. The number of hydrogen-bond acceptors (Lipinski definition) is 5. The molecule has 0 aliphatic heterocycles. The molecular weight excluding hydrogens is 542 g/mol. The lowest BCUT2D eigenvalue weighted by Crippen LogP contribution is -2.53. The predicted octanol–water partition coefficient (Wildman–Crippen LogP) is 5.99. The van der Waals surface area contributed by atoms with E-state index >= 15 is 0 Å². The fraction of sp³-hybridized carbons (Fsp3) is 0.471. The summed E-state index contributed by atoms with van der Waals surface area (Å²) in [5.74, 6) is -0.205. The quantitative estimate of drug-likeness (QED) is 0.287. The summed E-state index contributed by atoms with van der Waals surface area (Å²) in [7, 11) is 3.19. The summed E-state index contributed by atoms with van der Waals surface area (Å²) < 4.78 is 6.04. The molecule has 2 N–H and O–H groups in total. The molecular formula is C34H43N5O4. The fourth-order valence-corrected chi connectivity index (χ4v) is 5.07. The molecule has 1 aliphatic carbocycles. The average molecular weight is 586 g/mol. The van der Waals surface area contributed by atoms with Crippen LogP contribution >= 0.6 is 0 Å². The predicted molar refractivity (Wildman–Crippen MR) is 168 cm³/mol.